The fourth-order valence-corrected chi connectivity index (χ4v) is 11.6. The van der Waals surface area contributed by atoms with Gasteiger partial charge >= 0.3 is 0 Å². The Labute approximate surface area is 407 Å². The normalized spacial score (nSPS) is 22.6. The number of piperidine rings is 2. The minimum Gasteiger partial charge on any atom is -0.376 e. The first kappa shape index (κ1) is 44.9. The molecule has 3 saturated heterocycles. The van der Waals surface area contributed by atoms with Crippen LogP contribution in [0.15, 0.2) is 73.3 Å². The first-order valence-electron chi connectivity index (χ1n) is 23.6. The van der Waals surface area contributed by atoms with Crippen LogP contribution in [0.2, 0.25) is 10.0 Å². The quantitative estimate of drug-likeness (QED) is 0.122. The largest absolute Gasteiger partial charge is 0.376 e. The lowest BCUT2D eigenvalue weighted by Gasteiger charge is -2.56. The summed E-state index contributed by atoms with van der Waals surface area (Å²) in [5, 5.41) is 12.5. The van der Waals surface area contributed by atoms with Gasteiger partial charge in [0.25, 0.3) is 17.7 Å². The number of hydrogen-bond acceptors (Lipinski definition) is 13. The highest BCUT2D eigenvalue weighted by molar-refractivity contribution is 6.39. The van der Waals surface area contributed by atoms with E-state index in [2.05, 4.69) is 70.3 Å². The summed E-state index contributed by atoms with van der Waals surface area (Å²) in [5.74, 6) is -1.89. The number of imidazole rings is 1. The molecule has 6 aliphatic rings. The molecule has 0 radical (unpaired) electrons. The Morgan fingerprint density at radius 2 is 1.51 bits per heavy atom. The molecule has 356 valence electrons. The van der Waals surface area contributed by atoms with E-state index in [0.29, 0.717) is 46.2 Å². The number of halogens is 2. The number of benzene rings is 3. The van der Waals surface area contributed by atoms with Crippen LogP contribution in [0.1, 0.15) is 88.5 Å². The van der Waals surface area contributed by atoms with Crippen LogP contribution in [0, 0.1) is 5.41 Å². The molecule has 5 aromatic rings. The topological polar surface area (TPSA) is 207 Å². The van der Waals surface area contributed by atoms with Gasteiger partial charge in [0.1, 0.15) is 12.4 Å². The number of carbonyl (C=O) groups is 6. The second-order valence-electron chi connectivity index (χ2n) is 19.1. The maximum absolute atomic E-state index is 13.3. The lowest BCUT2D eigenvalue weighted by Crippen LogP contribution is -2.59. The summed E-state index contributed by atoms with van der Waals surface area (Å²) >= 11 is 12.5. The third-order valence-corrected chi connectivity index (χ3v) is 15.7. The molecule has 5 fully saturated rings. The van der Waals surface area contributed by atoms with Crippen LogP contribution < -0.4 is 26.2 Å². The highest BCUT2D eigenvalue weighted by Gasteiger charge is 2.49. The van der Waals surface area contributed by atoms with Gasteiger partial charge in [0.05, 0.1) is 39.6 Å². The lowest BCUT2D eigenvalue weighted by molar-refractivity contribution is -0.136. The SMILES string of the molecule is O=C1CC[C@H](N2C(=O)c3ccc(NCC(=O)N4CCC5(CC4)CC(N4CCN(c6ccc(Nc7ncnc8c7ncn8C7CC(NC(=O)c8c(Cl)cccc8Cl)C7)cc6)CC4)C5)cc3C2=O)C(=O)N1. The minimum atomic E-state index is -1.03. The Morgan fingerprint density at radius 3 is 2.23 bits per heavy atom. The van der Waals surface area contributed by atoms with Crippen LogP contribution in [0.3, 0.4) is 0 Å². The van der Waals surface area contributed by atoms with Gasteiger partial charge in [-0.3, -0.25) is 43.9 Å². The number of rotatable bonds is 11. The molecule has 1 atom stereocenters. The number of aromatic nitrogens is 4. The second kappa shape index (κ2) is 18.0. The van der Waals surface area contributed by atoms with E-state index >= 15 is 0 Å². The van der Waals surface area contributed by atoms with Crippen LogP contribution in [-0.4, -0.2) is 134 Å². The molecule has 0 bridgehead atoms. The number of nitrogens with one attached hydrogen (secondary N) is 4. The monoisotopic (exact) mass is 972 g/mol. The van der Waals surface area contributed by atoms with Crippen molar-refractivity contribution in [1.29, 1.82) is 0 Å². The van der Waals surface area contributed by atoms with Gasteiger partial charge in [-0.25, -0.2) is 15.0 Å². The van der Waals surface area contributed by atoms with Crippen LogP contribution in [-0.2, 0) is 14.4 Å². The van der Waals surface area contributed by atoms with E-state index in [1.54, 1.807) is 49.1 Å². The van der Waals surface area contributed by atoms with Crippen molar-refractivity contribution in [3.8, 4) is 0 Å². The van der Waals surface area contributed by atoms with Crippen molar-refractivity contribution in [2.24, 2.45) is 5.41 Å². The van der Waals surface area contributed by atoms with Crippen LogP contribution in [0.25, 0.3) is 11.2 Å². The molecular weight excluding hydrogens is 924 g/mol. The Balaban J connectivity index is 0.610. The predicted molar refractivity (Wildman–Crippen MR) is 258 cm³/mol. The van der Waals surface area contributed by atoms with Gasteiger partial charge in [-0.05, 0) is 105 Å². The summed E-state index contributed by atoms with van der Waals surface area (Å²) in [7, 11) is 0. The fourth-order valence-electron chi connectivity index (χ4n) is 11.1. The summed E-state index contributed by atoms with van der Waals surface area (Å²) in [5.41, 5.74) is 4.95. The van der Waals surface area contributed by atoms with E-state index in [-0.39, 0.29) is 65.4 Å². The first-order valence-corrected chi connectivity index (χ1v) is 24.3. The maximum Gasteiger partial charge on any atom is 0.262 e. The first-order chi connectivity index (χ1) is 33.4. The number of nitrogens with zero attached hydrogens (tertiary/aromatic N) is 8. The van der Waals surface area contributed by atoms with Crippen LogP contribution >= 0.6 is 23.2 Å². The standard InChI is InChI=1S/C49H50Cl2N12O6/c50-36-2-1-3-37(51)41(36)46(67)57-30-20-32(21-30)62-27-55-42-43(53-26-54-44(42)62)56-28-4-7-31(8-5-28)59-16-18-60(19-17-59)33-23-49(24-33)12-14-61(15-13-49)40(65)25-52-29-6-9-34-35(22-29)48(69)63(47(34)68)38-10-11-39(64)58-45(38)66/h1-9,22,26-27,30,32-33,38,52H,10-21,23-25H2,(H,57,67)(H,53,54,56)(H,58,64,66)/t30?,32?,38-/m0/s1. The van der Waals surface area contributed by atoms with Crippen LogP contribution in [0.5, 0.6) is 0 Å². The van der Waals surface area contributed by atoms with E-state index in [1.807, 2.05) is 9.47 Å². The molecule has 1 spiro atoms. The summed E-state index contributed by atoms with van der Waals surface area (Å²) in [4.78, 5) is 98.2. The van der Waals surface area contributed by atoms with E-state index < -0.39 is 29.7 Å². The Morgan fingerprint density at radius 1 is 0.797 bits per heavy atom. The Kier molecular flexibility index (Phi) is 11.7. The molecule has 20 heteroatoms. The van der Waals surface area contributed by atoms with Crippen molar-refractivity contribution < 1.29 is 28.8 Å². The summed E-state index contributed by atoms with van der Waals surface area (Å²) in [6.45, 7) is 5.37. The van der Waals surface area contributed by atoms with Crippen molar-refractivity contribution in [3.05, 3.63) is 100 Å². The average Bonchev–Trinajstić information content (AvgIpc) is 3.86. The Hall–Kier alpha value is -6.63. The van der Waals surface area contributed by atoms with E-state index in [4.69, 9.17) is 23.2 Å². The second-order valence-corrected chi connectivity index (χ2v) is 20.0. The van der Waals surface area contributed by atoms with Crippen molar-refractivity contribution in [2.75, 3.05) is 61.3 Å². The lowest BCUT2D eigenvalue weighted by atomic mass is 9.60. The van der Waals surface area contributed by atoms with E-state index in [9.17, 15) is 28.8 Å². The molecule has 4 aliphatic heterocycles. The smallest absolute Gasteiger partial charge is 0.262 e. The summed E-state index contributed by atoms with van der Waals surface area (Å²) in [6, 6.07) is 17.8. The van der Waals surface area contributed by atoms with Crippen molar-refractivity contribution in [1.82, 2.24) is 44.9 Å². The number of piperazine rings is 1. The van der Waals surface area contributed by atoms with Crippen LogP contribution in [0.4, 0.5) is 22.9 Å². The third-order valence-electron chi connectivity index (χ3n) is 15.1. The zero-order valence-electron chi connectivity index (χ0n) is 37.6. The van der Waals surface area contributed by atoms with Gasteiger partial charge in [-0.2, -0.15) is 0 Å². The average molecular weight is 974 g/mol. The number of imide groups is 2. The van der Waals surface area contributed by atoms with Gasteiger partial charge in [0.2, 0.25) is 17.7 Å². The van der Waals surface area contributed by atoms with E-state index in [1.165, 1.54) is 5.69 Å². The van der Waals surface area contributed by atoms with Gasteiger partial charge in [-0.15, -0.1) is 0 Å². The molecule has 0 unspecified atom stereocenters. The molecule has 2 saturated carbocycles. The van der Waals surface area contributed by atoms with Crippen molar-refractivity contribution >= 4 is 92.7 Å². The highest BCUT2D eigenvalue weighted by atomic mass is 35.5. The molecular formula is C49H50Cl2N12O6. The number of amides is 6. The number of anilines is 4. The van der Waals surface area contributed by atoms with Gasteiger partial charge in [-0.1, -0.05) is 29.3 Å². The molecule has 4 N–H and O–H groups in total. The molecule has 6 amide bonds. The number of hydrogen-bond donors (Lipinski definition) is 4. The number of likely N-dealkylation sites (tertiary alicyclic amines) is 1. The third kappa shape index (κ3) is 8.52. The minimum absolute atomic E-state index is 0.0156. The van der Waals surface area contributed by atoms with E-state index in [0.717, 1.165) is 80.9 Å². The van der Waals surface area contributed by atoms with Gasteiger partial charge in [0.15, 0.2) is 17.0 Å². The van der Waals surface area contributed by atoms with Gasteiger partial charge in [0, 0.05) is 80.9 Å². The highest BCUT2D eigenvalue weighted by Crippen LogP contribution is 2.51. The fraction of sp³-hybridized carbons (Fsp3) is 0.408. The summed E-state index contributed by atoms with van der Waals surface area (Å²) < 4.78 is 2.05. The maximum atomic E-state index is 13.3. The molecule has 3 aromatic carbocycles. The molecule has 6 heterocycles. The number of fused-ring (bicyclic) bond motifs is 2. The molecule has 69 heavy (non-hydrogen) atoms. The molecule has 18 nitrogen and oxygen atoms in total. The molecule has 2 aromatic heterocycles. The Bertz CT molecular complexity index is 2880. The molecule has 2 aliphatic carbocycles. The summed E-state index contributed by atoms with van der Waals surface area (Å²) in [6.07, 6.45) is 9.19. The van der Waals surface area contributed by atoms with Gasteiger partial charge < -0.3 is 30.3 Å². The van der Waals surface area contributed by atoms with Crippen molar-refractivity contribution in [3.63, 3.8) is 0 Å². The number of carbonyl (C=O) groups excluding carboxylic acids is 6. The van der Waals surface area contributed by atoms with Crippen molar-refractivity contribution in [2.45, 2.75) is 75.5 Å². The zero-order valence-corrected chi connectivity index (χ0v) is 39.1. The molecule has 11 rings (SSSR count). The predicted octanol–water partition coefficient (Wildman–Crippen LogP) is 5.42. The zero-order chi connectivity index (χ0) is 47.6.